The van der Waals surface area contributed by atoms with Crippen LogP contribution in [0, 0.1) is 5.92 Å². The molecule has 1 saturated heterocycles. The first-order valence-corrected chi connectivity index (χ1v) is 7.44. The molecule has 110 valence electrons. The van der Waals surface area contributed by atoms with E-state index in [9.17, 15) is 4.79 Å². The molecule has 6 heteroatoms. The summed E-state index contributed by atoms with van der Waals surface area (Å²) in [5, 5.41) is 3.83. The lowest BCUT2D eigenvalue weighted by atomic mass is 10.1. The maximum atomic E-state index is 12.1. The lowest BCUT2D eigenvalue weighted by molar-refractivity contribution is -0.117. The van der Waals surface area contributed by atoms with Crippen molar-refractivity contribution in [2.45, 2.75) is 19.4 Å². The number of hydrogen-bond donors (Lipinski definition) is 2. The van der Waals surface area contributed by atoms with Crippen molar-refractivity contribution < 1.29 is 4.79 Å². The first-order chi connectivity index (χ1) is 9.49. The van der Waals surface area contributed by atoms with Crippen LogP contribution in [-0.2, 0) is 4.79 Å². The second-order valence-corrected chi connectivity index (χ2v) is 6.13. The van der Waals surface area contributed by atoms with E-state index < -0.39 is 0 Å². The Kier molecular flexibility index (Phi) is 5.27. The number of amides is 1. The fourth-order valence-corrected chi connectivity index (χ4v) is 2.91. The van der Waals surface area contributed by atoms with E-state index in [1.165, 1.54) is 0 Å². The average Bonchev–Trinajstić information content (AvgIpc) is 2.74. The Hall–Kier alpha value is -0.810. The van der Waals surface area contributed by atoms with E-state index in [-0.39, 0.29) is 5.91 Å². The van der Waals surface area contributed by atoms with Crippen LogP contribution in [0.5, 0.6) is 0 Å². The van der Waals surface area contributed by atoms with E-state index in [2.05, 4.69) is 17.1 Å². The predicted octanol–water partition coefficient (Wildman–Crippen LogP) is 2.60. The number of benzene rings is 1. The second-order valence-electron chi connectivity index (χ2n) is 5.29. The molecule has 4 nitrogen and oxygen atoms in total. The number of carbonyl (C=O) groups is 1. The molecule has 1 heterocycles. The van der Waals surface area contributed by atoms with Gasteiger partial charge in [0.15, 0.2) is 0 Å². The Bertz CT molecular complexity index is 495. The number of anilines is 1. The van der Waals surface area contributed by atoms with Crippen LogP contribution < -0.4 is 11.1 Å². The molecule has 0 saturated carbocycles. The third kappa shape index (κ3) is 3.85. The first kappa shape index (κ1) is 15.6. The molecular formula is C14H19Cl2N3O. The molecular weight excluding hydrogens is 297 g/mol. The number of rotatable bonds is 4. The van der Waals surface area contributed by atoms with Gasteiger partial charge >= 0.3 is 0 Å². The molecule has 0 radical (unpaired) electrons. The van der Waals surface area contributed by atoms with Gasteiger partial charge in [0, 0.05) is 17.6 Å². The van der Waals surface area contributed by atoms with Crippen LogP contribution in [0.25, 0.3) is 0 Å². The zero-order valence-corrected chi connectivity index (χ0v) is 12.9. The molecule has 0 spiro atoms. The molecule has 0 aliphatic carbocycles. The number of hydrogen-bond acceptors (Lipinski definition) is 3. The third-order valence-electron chi connectivity index (χ3n) is 3.67. The van der Waals surface area contributed by atoms with Crippen molar-refractivity contribution in [2.75, 3.05) is 25.0 Å². The molecule has 20 heavy (non-hydrogen) atoms. The van der Waals surface area contributed by atoms with Crippen molar-refractivity contribution in [2.24, 2.45) is 11.7 Å². The van der Waals surface area contributed by atoms with Gasteiger partial charge < -0.3 is 11.1 Å². The molecule has 1 aromatic carbocycles. The molecule has 2 unspecified atom stereocenters. The van der Waals surface area contributed by atoms with Gasteiger partial charge in [0.25, 0.3) is 0 Å². The van der Waals surface area contributed by atoms with E-state index in [0.717, 1.165) is 13.0 Å². The van der Waals surface area contributed by atoms with Crippen molar-refractivity contribution in [3.63, 3.8) is 0 Å². The minimum atomic E-state index is -0.0845. The van der Waals surface area contributed by atoms with Crippen molar-refractivity contribution in [1.29, 1.82) is 0 Å². The van der Waals surface area contributed by atoms with Gasteiger partial charge in [-0.1, -0.05) is 23.2 Å². The van der Waals surface area contributed by atoms with Crippen LogP contribution >= 0.6 is 23.2 Å². The van der Waals surface area contributed by atoms with Crippen molar-refractivity contribution in [3.05, 3.63) is 28.2 Å². The van der Waals surface area contributed by atoms with Gasteiger partial charge in [-0.25, -0.2) is 0 Å². The van der Waals surface area contributed by atoms with E-state index in [0.29, 0.717) is 40.8 Å². The van der Waals surface area contributed by atoms with Crippen molar-refractivity contribution in [3.8, 4) is 0 Å². The monoisotopic (exact) mass is 315 g/mol. The Balaban J connectivity index is 1.94. The number of nitrogens with two attached hydrogens (primary N) is 1. The summed E-state index contributed by atoms with van der Waals surface area (Å²) in [6.07, 6.45) is 1.04. The molecule has 1 aliphatic rings. The smallest absolute Gasteiger partial charge is 0.238 e. The van der Waals surface area contributed by atoms with E-state index >= 15 is 0 Å². The Morgan fingerprint density at radius 2 is 2.25 bits per heavy atom. The fraction of sp³-hybridized carbons (Fsp3) is 0.500. The summed E-state index contributed by atoms with van der Waals surface area (Å²) in [7, 11) is 0. The lowest BCUT2D eigenvalue weighted by Gasteiger charge is -2.20. The summed E-state index contributed by atoms with van der Waals surface area (Å²) in [5.74, 6) is 0.395. The number of carbonyl (C=O) groups excluding carboxylic acids is 1. The van der Waals surface area contributed by atoms with Crippen LogP contribution in [-0.4, -0.2) is 36.5 Å². The summed E-state index contributed by atoms with van der Waals surface area (Å²) < 4.78 is 0. The molecule has 1 amide bonds. The number of nitrogens with zero attached hydrogens (tertiary/aromatic N) is 1. The molecule has 0 bridgehead atoms. The van der Waals surface area contributed by atoms with Gasteiger partial charge in [0.2, 0.25) is 5.91 Å². The van der Waals surface area contributed by atoms with Gasteiger partial charge in [-0.2, -0.15) is 0 Å². The summed E-state index contributed by atoms with van der Waals surface area (Å²) >= 11 is 11.9. The minimum Gasteiger partial charge on any atom is -0.330 e. The average molecular weight is 316 g/mol. The van der Waals surface area contributed by atoms with Crippen LogP contribution in [0.3, 0.4) is 0 Å². The maximum Gasteiger partial charge on any atom is 0.238 e. The quantitative estimate of drug-likeness (QED) is 0.898. The van der Waals surface area contributed by atoms with Gasteiger partial charge in [-0.15, -0.1) is 0 Å². The Morgan fingerprint density at radius 3 is 2.90 bits per heavy atom. The highest BCUT2D eigenvalue weighted by Crippen LogP contribution is 2.26. The van der Waals surface area contributed by atoms with Gasteiger partial charge in [0.1, 0.15) is 0 Å². The summed E-state index contributed by atoms with van der Waals surface area (Å²) in [6.45, 7) is 4.01. The van der Waals surface area contributed by atoms with Crippen LogP contribution in [0.15, 0.2) is 18.2 Å². The van der Waals surface area contributed by atoms with Gasteiger partial charge in [-0.05, 0) is 44.0 Å². The maximum absolute atomic E-state index is 12.1. The fourth-order valence-electron chi connectivity index (χ4n) is 2.58. The van der Waals surface area contributed by atoms with E-state index in [1.54, 1.807) is 18.2 Å². The molecule has 0 aromatic heterocycles. The zero-order valence-electron chi connectivity index (χ0n) is 11.4. The van der Waals surface area contributed by atoms with E-state index in [1.807, 2.05) is 0 Å². The summed E-state index contributed by atoms with van der Waals surface area (Å²) in [4.78, 5) is 14.2. The van der Waals surface area contributed by atoms with Crippen LogP contribution in [0.4, 0.5) is 5.69 Å². The van der Waals surface area contributed by atoms with Crippen molar-refractivity contribution in [1.82, 2.24) is 4.90 Å². The topological polar surface area (TPSA) is 58.4 Å². The highest BCUT2D eigenvalue weighted by Gasteiger charge is 2.29. The number of nitrogens with one attached hydrogen (secondary N) is 1. The molecule has 2 atom stereocenters. The SMILES string of the molecule is CC1CC(CN)CN1CC(=O)Nc1cc(Cl)ccc1Cl. The standard InChI is InChI=1S/C14H19Cl2N3O/c1-9-4-10(6-17)7-19(9)8-14(20)18-13-5-11(15)2-3-12(13)16/h2-3,5,9-10H,4,6-8,17H2,1H3,(H,18,20). The minimum absolute atomic E-state index is 0.0845. The Morgan fingerprint density at radius 1 is 1.50 bits per heavy atom. The van der Waals surface area contributed by atoms with Crippen molar-refractivity contribution >= 4 is 34.8 Å². The van der Waals surface area contributed by atoms with Gasteiger partial charge in [-0.3, -0.25) is 9.69 Å². The van der Waals surface area contributed by atoms with Crippen LogP contribution in [0.1, 0.15) is 13.3 Å². The predicted molar refractivity (Wildman–Crippen MR) is 83.3 cm³/mol. The molecule has 1 fully saturated rings. The molecule has 1 aliphatic heterocycles. The molecule has 3 N–H and O–H groups in total. The second kappa shape index (κ2) is 6.76. The normalized spacial score (nSPS) is 23.0. The van der Waals surface area contributed by atoms with Gasteiger partial charge in [0.05, 0.1) is 17.3 Å². The third-order valence-corrected chi connectivity index (χ3v) is 4.24. The highest BCUT2D eigenvalue weighted by atomic mass is 35.5. The lowest BCUT2D eigenvalue weighted by Crippen LogP contribution is -2.36. The molecule has 2 rings (SSSR count). The summed E-state index contributed by atoms with van der Waals surface area (Å²) in [5.41, 5.74) is 6.24. The summed E-state index contributed by atoms with van der Waals surface area (Å²) in [6, 6.07) is 5.39. The first-order valence-electron chi connectivity index (χ1n) is 6.68. The van der Waals surface area contributed by atoms with E-state index in [4.69, 9.17) is 28.9 Å². The molecule has 1 aromatic rings. The highest BCUT2D eigenvalue weighted by molar-refractivity contribution is 6.35. The Labute approximate surface area is 129 Å². The number of halogens is 2. The zero-order chi connectivity index (χ0) is 14.7. The van der Waals surface area contributed by atoms with Crippen LogP contribution in [0.2, 0.25) is 10.0 Å². The largest absolute Gasteiger partial charge is 0.330 e. The number of likely N-dealkylation sites (tertiary alicyclic amines) is 1.